The third kappa shape index (κ3) is 4.45. The van der Waals surface area contributed by atoms with E-state index in [0.29, 0.717) is 6.42 Å². The van der Waals surface area contributed by atoms with Gasteiger partial charge in [-0.25, -0.2) is 0 Å². The minimum atomic E-state index is -0.108. The molecule has 16 heavy (non-hydrogen) atoms. The average Bonchev–Trinajstić information content (AvgIpc) is 2.34. The van der Waals surface area contributed by atoms with Crippen molar-refractivity contribution in [2.24, 2.45) is 0 Å². The van der Waals surface area contributed by atoms with Gasteiger partial charge in [-0.3, -0.25) is 4.79 Å². The molecule has 0 heterocycles. The Morgan fingerprint density at radius 3 is 2.62 bits per heavy atom. The number of rotatable bonds is 6. The van der Waals surface area contributed by atoms with Gasteiger partial charge in [0, 0.05) is 6.42 Å². The van der Waals surface area contributed by atoms with Gasteiger partial charge in [0.15, 0.2) is 0 Å². The van der Waals surface area contributed by atoms with Crippen LogP contribution < -0.4 is 5.32 Å². The van der Waals surface area contributed by atoms with Gasteiger partial charge in [-0.2, -0.15) is 0 Å². The van der Waals surface area contributed by atoms with E-state index in [1.807, 2.05) is 37.3 Å². The van der Waals surface area contributed by atoms with Crippen molar-refractivity contribution >= 4 is 5.91 Å². The molecule has 1 aromatic rings. The lowest BCUT2D eigenvalue weighted by Gasteiger charge is -2.13. The molecule has 0 aliphatic heterocycles. The standard InChI is InChI=1S/C13H19NO2/c1-2-12(10-15)14-13(16)9-8-11-6-4-3-5-7-11/h3-7,12,15H,2,8-10H2,1H3,(H,14,16). The van der Waals surface area contributed by atoms with E-state index in [2.05, 4.69) is 5.32 Å². The topological polar surface area (TPSA) is 49.3 Å². The second kappa shape index (κ2) is 7.01. The van der Waals surface area contributed by atoms with Crippen LogP contribution in [0.15, 0.2) is 30.3 Å². The zero-order chi connectivity index (χ0) is 11.8. The number of carbonyl (C=O) groups is 1. The van der Waals surface area contributed by atoms with Gasteiger partial charge in [0.1, 0.15) is 0 Å². The van der Waals surface area contributed by atoms with Gasteiger partial charge < -0.3 is 10.4 Å². The van der Waals surface area contributed by atoms with Crippen LogP contribution in [0.1, 0.15) is 25.3 Å². The van der Waals surface area contributed by atoms with E-state index < -0.39 is 0 Å². The first-order valence-electron chi connectivity index (χ1n) is 5.70. The molecule has 0 fully saturated rings. The Bertz CT molecular complexity index is 307. The number of hydrogen-bond acceptors (Lipinski definition) is 2. The number of carbonyl (C=O) groups excluding carboxylic acids is 1. The number of aliphatic hydroxyl groups excluding tert-OH is 1. The Morgan fingerprint density at radius 2 is 2.06 bits per heavy atom. The number of hydrogen-bond donors (Lipinski definition) is 2. The highest BCUT2D eigenvalue weighted by Gasteiger charge is 2.08. The summed E-state index contributed by atoms with van der Waals surface area (Å²) in [7, 11) is 0. The summed E-state index contributed by atoms with van der Waals surface area (Å²) in [4.78, 5) is 11.5. The molecular formula is C13H19NO2. The van der Waals surface area contributed by atoms with Crippen molar-refractivity contribution in [3.8, 4) is 0 Å². The van der Waals surface area contributed by atoms with Crippen molar-refractivity contribution < 1.29 is 9.90 Å². The van der Waals surface area contributed by atoms with Crippen LogP contribution in [0.4, 0.5) is 0 Å². The molecule has 1 amide bonds. The minimum Gasteiger partial charge on any atom is -0.394 e. The molecule has 0 aliphatic rings. The molecule has 0 radical (unpaired) electrons. The average molecular weight is 221 g/mol. The lowest BCUT2D eigenvalue weighted by atomic mass is 10.1. The number of aliphatic hydroxyl groups is 1. The summed E-state index contributed by atoms with van der Waals surface area (Å²) in [6, 6.07) is 9.81. The van der Waals surface area contributed by atoms with E-state index in [1.54, 1.807) is 0 Å². The minimum absolute atomic E-state index is 0.00440. The van der Waals surface area contributed by atoms with Gasteiger partial charge in [0.25, 0.3) is 0 Å². The molecule has 0 aliphatic carbocycles. The van der Waals surface area contributed by atoms with Crippen molar-refractivity contribution in [2.75, 3.05) is 6.61 Å². The molecule has 1 atom stereocenters. The van der Waals surface area contributed by atoms with Gasteiger partial charge in [-0.15, -0.1) is 0 Å². The molecule has 0 saturated heterocycles. The maximum absolute atomic E-state index is 11.5. The number of amides is 1. The smallest absolute Gasteiger partial charge is 0.220 e. The third-order valence-corrected chi connectivity index (χ3v) is 2.56. The maximum atomic E-state index is 11.5. The monoisotopic (exact) mass is 221 g/mol. The predicted octanol–water partition coefficient (Wildman–Crippen LogP) is 1.51. The van der Waals surface area contributed by atoms with Crippen molar-refractivity contribution in [3.05, 3.63) is 35.9 Å². The van der Waals surface area contributed by atoms with E-state index in [4.69, 9.17) is 5.11 Å². The van der Waals surface area contributed by atoms with E-state index >= 15 is 0 Å². The molecule has 1 rings (SSSR count). The first-order chi connectivity index (χ1) is 7.76. The van der Waals surface area contributed by atoms with Crippen LogP contribution in [0.25, 0.3) is 0 Å². The fourth-order valence-corrected chi connectivity index (χ4v) is 1.48. The Hall–Kier alpha value is -1.35. The molecule has 3 heteroatoms. The summed E-state index contributed by atoms with van der Waals surface area (Å²) in [5, 5.41) is 11.7. The molecule has 2 N–H and O–H groups in total. The van der Waals surface area contributed by atoms with Gasteiger partial charge in [-0.1, -0.05) is 37.3 Å². The fourth-order valence-electron chi connectivity index (χ4n) is 1.48. The van der Waals surface area contributed by atoms with Crippen LogP contribution in [-0.2, 0) is 11.2 Å². The number of benzene rings is 1. The van der Waals surface area contributed by atoms with Gasteiger partial charge in [0.2, 0.25) is 5.91 Å². The molecule has 0 spiro atoms. The number of nitrogens with one attached hydrogen (secondary N) is 1. The van der Waals surface area contributed by atoms with Crippen LogP contribution in [-0.4, -0.2) is 23.7 Å². The molecule has 0 saturated carbocycles. The van der Waals surface area contributed by atoms with E-state index in [1.165, 1.54) is 0 Å². The third-order valence-electron chi connectivity index (χ3n) is 2.56. The summed E-state index contributed by atoms with van der Waals surface area (Å²) >= 11 is 0. The molecule has 1 aromatic carbocycles. The molecule has 1 unspecified atom stereocenters. The lowest BCUT2D eigenvalue weighted by molar-refractivity contribution is -0.122. The van der Waals surface area contributed by atoms with Crippen molar-refractivity contribution in [1.82, 2.24) is 5.32 Å². The largest absolute Gasteiger partial charge is 0.394 e. The van der Waals surface area contributed by atoms with Crippen LogP contribution >= 0.6 is 0 Å². The van der Waals surface area contributed by atoms with E-state index in [-0.39, 0.29) is 18.6 Å². The van der Waals surface area contributed by atoms with Crippen molar-refractivity contribution in [2.45, 2.75) is 32.2 Å². The second-order valence-corrected chi connectivity index (χ2v) is 3.84. The molecular weight excluding hydrogens is 202 g/mol. The highest BCUT2D eigenvalue weighted by molar-refractivity contribution is 5.76. The molecule has 88 valence electrons. The summed E-state index contributed by atoms with van der Waals surface area (Å²) in [6.45, 7) is 1.95. The Morgan fingerprint density at radius 1 is 1.38 bits per heavy atom. The first kappa shape index (κ1) is 12.7. The first-order valence-corrected chi connectivity index (χ1v) is 5.70. The van der Waals surface area contributed by atoms with Crippen LogP contribution in [0.3, 0.4) is 0 Å². The highest BCUT2D eigenvalue weighted by atomic mass is 16.3. The Labute approximate surface area is 96.5 Å². The van der Waals surface area contributed by atoms with Gasteiger partial charge in [0.05, 0.1) is 12.6 Å². The van der Waals surface area contributed by atoms with Crippen molar-refractivity contribution in [1.29, 1.82) is 0 Å². The van der Waals surface area contributed by atoms with Crippen LogP contribution in [0.5, 0.6) is 0 Å². The number of aryl methyl sites for hydroxylation is 1. The summed E-state index contributed by atoms with van der Waals surface area (Å²) < 4.78 is 0. The quantitative estimate of drug-likeness (QED) is 0.765. The predicted molar refractivity (Wildman–Crippen MR) is 64.1 cm³/mol. The van der Waals surface area contributed by atoms with Crippen LogP contribution in [0, 0.1) is 0 Å². The van der Waals surface area contributed by atoms with E-state index in [9.17, 15) is 4.79 Å². The molecule has 3 nitrogen and oxygen atoms in total. The normalized spacial score (nSPS) is 12.1. The fraction of sp³-hybridized carbons (Fsp3) is 0.462. The zero-order valence-corrected chi connectivity index (χ0v) is 9.65. The van der Waals surface area contributed by atoms with E-state index in [0.717, 1.165) is 18.4 Å². The lowest BCUT2D eigenvalue weighted by Crippen LogP contribution is -2.36. The highest BCUT2D eigenvalue weighted by Crippen LogP contribution is 2.02. The Balaban J connectivity index is 2.30. The summed E-state index contributed by atoms with van der Waals surface area (Å²) in [5.74, 6) is 0.00440. The zero-order valence-electron chi connectivity index (χ0n) is 9.65. The van der Waals surface area contributed by atoms with Crippen LogP contribution in [0.2, 0.25) is 0 Å². The van der Waals surface area contributed by atoms with Gasteiger partial charge >= 0.3 is 0 Å². The Kier molecular flexibility index (Phi) is 5.57. The summed E-state index contributed by atoms with van der Waals surface area (Å²) in [6.07, 6.45) is 1.97. The van der Waals surface area contributed by atoms with Crippen molar-refractivity contribution in [3.63, 3.8) is 0 Å². The second-order valence-electron chi connectivity index (χ2n) is 3.84. The molecule has 0 bridgehead atoms. The SMILES string of the molecule is CCC(CO)NC(=O)CCc1ccccc1. The summed E-state index contributed by atoms with van der Waals surface area (Å²) in [5.41, 5.74) is 1.16. The molecule has 0 aromatic heterocycles. The van der Waals surface area contributed by atoms with Gasteiger partial charge in [-0.05, 0) is 18.4 Å². The maximum Gasteiger partial charge on any atom is 0.220 e.